The van der Waals surface area contributed by atoms with Crippen LogP contribution in [0.2, 0.25) is 0 Å². The smallest absolute Gasteiger partial charge is 0.318 e. The highest BCUT2D eigenvalue weighted by Gasteiger charge is 2.30. The number of aromatic nitrogens is 1. The summed E-state index contributed by atoms with van der Waals surface area (Å²) in [6.45, 7) is 4.80. The van der Waals surface area contributed by atoms with E-state index < -0.39 is 0 Å². The quantitative estimate of drug-likeness (QED) is 0.936. The topological polar surface area (TPSA) is 61.6 Å². The van der Waals surface area contributed by atoms with Gasteiger partial charge in [-0.1, -0.05) is 42.4 Å². The van der Waals surface area contributed by atoms with Crippen LogP contribution in [0.1, 0.15) is 30.0 Å². The molecule has 1 aromatic heterocycles. The van der Waals surface area contributed by atoms with Crippen LogP contribution in [0.15, 0.2) is 40.9 Å². The van der Waals surface area contributed by atoms with E-state index in [-0.39, 0.29) is 12.1 Å². The number of benzene rings is 1. The molecule has 2 aromatic rings. The zero-order valence-electron chi connectivity index (χ0n) is 14.2. The van der Waals surface area contributed by atoms with Gasteiger partial charge in [-0.3, -0.25) is 0 Å². The summed E-state index contributed by atoms with van der Waals surface area (Å²) >= 11 is 0. The van der Waals surface area contributed by atoms with Crippen molar-refractivity contribution in [3.05, 3.63) is 53.4 Å². The number of hydrogen-bond donors (Lipinski definition) is 1. The molecule has 1 aromatic carbocycles. The highest BCUT2D eigenvalue weighted by molar-refractivity contribution is 5.75. The predicted molar refractivity (Wildman–Crippen MR) is 91.5 cm³/mol. The number of piperazine rings is 1. The Morgan fingerprint density at radius 2 is 2.12 bits per heavy atom. The third kappa shape index (κ3) is 3.76. The largest absolute Gasteiger partial charge is 0.359 e. The normalized spacial score (nSPS) is 18.6. The Balaban J connectivity index is 1.67. The first-order valence-corrected chi connectivity index (χ1v) is 8.39. The Morgan fingerprint density at radius 1 is 1.33 bits per heavy atom. The summed E-state index contributed by atoms with van der Waals surface area (Å²) in [5.74, 6) is 0.686. The van der Waals surface area contributed by atoms with Crippen molar-refractivity contribution in [3.8, 4) is 0 Å². The van der Waals surface area contributed by atoms with E-state index >= 15 is 0 Å². The molecule has 0 aliphatic carbocycles. The third-order valence-corrected chi connectivity index (χ3v) is 4.41. The lowest BCUT2D eigenvalue weighted by molar-refractivity contribution is 0.108. The van der Waals surface area contributed by atoms with Crippen molar-refractivity contribution >= 4 is 6.03 Å². The van der Waals surface area contributed by atoms with Crippen LogP contribution in [0.4, 0.5) is 4.79 Å². The van der Waals surface area contributed by atoms with E-state index in [2.05, 4.69) is 34.6 Å². The number of rotatable bonds is 4. The van der Waals surface area contributed by atoms with Gasteiger partial charge < -0.3 is 19.6 Å². The first-order chi connectivity index (χ1) is 11.7. The van der Waals surface area contributed by atoms with Crippen molar-refractivity contribution in [2.24, 2.45) is 0 Å². The van der Waals surface area contributed by atoms with Crippen LogP contribution in [0.3, 0.4) is 0 Å². The van der Waals surface area contributed by atoms with Gasteiger partial charge in [0.2, 0.25) is 0 Å². The molecule has 1 fully saturated rings. The zero-order chi connectivity index (χ0) is 16.9. The van der Waals surface area contributed by atoms with Crippen molar-refractivity contribution in [1.82, 2.24) is 20.3 Å². The van der Waals surface area contributed by atoms with Crippen LogP contribution in [-0.2, 0) is 13.0 Å². The van der Waals surface area contributed by atoms with E-state index in [9.17, 15) is 4.79 Å². The lowest BCUT2D eigenvalue weighted by atomic mass is 10.0. The van der Waals surface area contributed by atoms with Gasteiger partial charge in [0.15, 0.2) is 5.76 Å². The fourth-order valence-corrected chi connectivity index (χ4v) is 2.99. The van der Waals surface area contributed by atoms with E-state index in [1.807, 2.05) is 36.1 Å². The molecule has 1 aliphatic heterocycles. The van der Waals surface area contributed by atoms with Crippen LogP contribution in [0, 0.1) is 0 Å². The number of amides is 2. The summed E-state index contributed by atoms with van der Waals surface area (Å²) < 4.78 is 5.23. The van der Waals surface area contributed by atoms with Crippen molar-refractivity contribution < 1.29 is 9.32 Å². The van der Waals surface area contributed by atoms with E-state index in [4.69, 9.17) is 4.52 Å². The minimum atomic E-state index is -0.0635. The van der Waals surface area contributed by atoms with Crippen molar-refractivity contribution in [3.63, 3.8) is 0 Å². The highest BCUT2D eigenvalue weighted by Crippen LogP contribution is 2.24. The first-order valence-electron chi connectivity index (χ1n) is 8.39. The molecule has 1 aliphatic rings. The molecule has 1 N–H and O–H groups in total. The molecule has 6 heteroatoms. The Kier molecular flexibility index (Phi) is 5.15. The number of aryl methyl sites for hydroxylation is 1. The number of nitrogens with one attached hydrogen (secondary N) is 1. The second kappa shape index (κ2) is 7.49. The molecule has 6 nitrogen and oxygen atoms in total. The molecule has 0 saturated carbocycles. The van der Waals surface area contributed by atoms with Crippen LogP contribution in [0.5, 0.6) is 0 Å². The van der Waals surface area contributed by atoms with Crippen LogP contribution in [0.25, 0.3) is 0 Å². The van der Waals surface area contributed by atoms with E-state index in [0.717, 1.165) is 30.8 Å². The fourth-order valence-electron chi connectivity index (χ4n) is 2.99. The van der Waals surface area contributed by atoms with Crippen molar-refractivity contribution in [1.29, 1.82) is 0 Å². The standard InChI is InChI=1S/C18H24N4O2/c1-3-15-11-16(24-20-15)12-19-18(23)22-10-9-21(2)13-17(22)14-7-5-4-6-8-14/h4-8,11,17H,3,9-10,12-13H2,1-2H3,(H,19,23). The van der Waals surface area contributed by atoms with Gasteiger partial charge in [-0.2, -0.15) is 0 Å². The number of carbonyl (C=O) groups is 1. The average molecular weight is 328 g/mol. The molecule has 1 unspecified atom stereocenters. The fraction of sp³-hybridized carbons (Fsp3) is 0.444. The zero-order valence-corrected chi connectivity index (χ0v) is 14.2. The van der Waals surface area contributed by atoms with Gasteiger partial charge in [0.05, 0.1) is 18.3 Å². The van der Waals surface area contributed by atoms with Crippen LogP contribution in [-0.4, -0.2) is 47.7 Å². The summed E-state index contributed by atoms with van der Waals surface area (Å²) in [4.78, 5) is 16.8. The lowest BCUT2D eigenvalue weighted by Gasteiger charge is -2.40. The summed E-state index contributed by atoms with van der Waals surface area (Å²) in [5, 5.41) is 6.91. The van der Waals surface area contributed by atoms with Crippen molar-refractivity contribution in [2.75, 3.05) is 26.7 Å². The number of carbonyl (C=O) groups excluding carboxylic acids is 1. The Hall–Kier alpha value is -2.34. The van der Waals surface area contributed by atoms with E-state index in [0.29, 0.717) is 18.8 Å². The molecule has 1 atom stereocenters. The molecule has 1 saturated heterocycles. The maximum Gasteiger partial charge on any atom is 0.318 e. The molecule has 128 valence electrons. The second-order valence-corrected chi connectivity index (χ2v) is 6.18. The van der Waals surface area contributed by atoms with Gasteiger partial charge in [-0.15, -0.1) is 0 Å². The van der Waals surface area contributed by atoms with Crippen LogP contribution < -0.4 is 5.32 Å². The molecule has 0 radical (unpaired) electrons. The van der Waals surface area contributed by atoms with Gasteiger partial charge in [-0.25, -0.2) is 4.79 Å². The van der Waals surface area contributed by atoms with E-state index in [1.165, 1.54) is 0 Å². The highest BCUT2D eigenvalue weighted by atomic mass is 16.5. The van der Waals surface area contributed by atoms with E-state index in [1.54, 1.807) is 0 Å². The molecular weight excluding hydrogens is 304 g/mol. The molecule has 0 spiro atoms. The number of hydrogen-bond acceptors (Lipinski definition) is 4. The van der Waals surface area contributed by atoms with Crippen molar-refractivity contribution in [2.45, 2.75) is 25.9 Å². The molecule has 2 amide bonds. The van der Waals surface area contributed by atoms with Gasteiger partial charge in [-0.05, 0) is 19.0 Å². The minimum Gasteiger partial charge on any atom is -0.359 e. The number of urea groups is 1. The Morgan fingerprint density at radius 3 is 2.83 bits per heavy atom. The maximum atomic E-state index is 12.7. The summed E-state index contributed by atoms with van der Waals surface area (Å²) in [5.41, 5.74) is 2.06. The third-order valence-electron chi connectivity index (χ3n) is 4.41. The summed E-state index contributed by atoms with van der Waals surface area (Å²) in [7, 11) is 2.09. The maximum absolute atomic E-state index is 12.7. The number of likely N-dealkylation sites (N-methyl/N-ethyl adjacent to an activating group) is 1. The van der Waals surface area contributed by atoms with Gasteiger partial charge >= 0.3 is 6.03 Å². The molecule has 0 bridgehead atoms. The van der Waals surface area contributed by atoms with Gasteiger partial charge in [0, 0.05) is 25.7 Å². The minimum absolute atomic E-state index is 0.0610. The summed E-state index contributed by atoms with van der Waals surface area (Å²) in [6.07, 6.45) is 0.825. The molecule has 2 heterocycles. The lowest BCUT2D eigenvalue weighted by Crippen LogP contribution is -2.52. The predicted octanol–water partition coefficient (Wildman–Crippen LogP) is 2.44. The number of nitrogens with zero attached hydrogens (tertiary/aromatic N) is 3. The van der Waals surface area contributed by atoms with Gasteiger partial charge in [0.1, 0.15) is 0 Å². The monoisotopic (exact) mass is 328 g/mol. The first kappa shape index (κ1) is 16.5. The molecule has 24 heavy (non-hydrogen) atoms. The molecule has 3 rings (SSSR count). The second-order valence-electron chi connectivity index (χ2n) is 6.18. The Bertz CT molecular complexity index is 671. The average Bonchev–Trinajstić information content (AvgIpc) is 3.08. The SMILES string of the molecule is CCc1cc(CNC(=O)N2CCN(C)CC2c2ccccc2)on1. The van der Waals surface area contributed by atoms with Gasteiger partial charge in [0.25, 0.3) is 0 Å². The van der Waals surface area contributed by atoms with Crippen LogP contribution >= 0.6 is 0 Å². The summed E-state index contributed by atoms with van der Waals surface area (Å²) in [6, 6.07) is 12.1. The molecular formula is C18H24N4O2. The Labute approximate surface area is 142 Å².